The molecule has 0 fully saturated rings. The van der Waals surface area contributed by atoms with Gasteiger partial charge in [-0.05, 0) is 24.3 Å². The first-order valence-corrected chi connectivity index (χ1v) is 7.93. The molecule has 3 nitrogen and oxygen atoms in total. The smallest absolute Gasteiger partial charge is 0.173 e. The fraction of sp³-hybridized carbons (Fsp3) is 0.0952. The molecule has 25 heavy (non-hydrogen) atoms. The van der Waals surface area contributed by atoms with E-state index in [0.29, 0.717) is 0 Å². The Bertz CT molecular complexity index is 962. The van der Waals surface area contributed by atoms with Crippen LogP contribution in [0, 0.1) is 0 Å². The number of pyridine rings is 1. The van der Waals surface area contributed by atoms with Crippen molar-refractivity contribution >= 4 is 11.0 Å². The van der Waals surface area contributed by atoms with Crippen molar-refractivity contribution in [2.75, 3.05) is 7.11 Å². The van der Waals surface area contributed by atoms with Gasteiger partial charge in [0.25, 0.3) is 0 Å². The normalized spacial score (nSPS) is 10.4. The van der Waals surface area contributed by atoms with Gasteiger partial charge in [-0.25, -0.2) is 4.57 Å². The molecule has 0 radical (unpaired) electrons. The lowest BCUT2D eigenvalue weighted by molar-refractivity contribution is -0.688. The summed E-state index contributed by atoms with van der Waals surface area (Å²) >= 11 is 0. The van der Waals surface area contributed by atoms with Gasteiger partial charge in [0, 0.05) is 28.6 Å². The van der Waals surface area contributed by atoms with E-state index < -0.39 is 0 Å². The third-order valence-corrected chi connectivity index (χ3v) is 4.11. The third-order valence-electron chi connectivity index (χ3n) is 4.11. The van der Waals surface area contributed by atoms with Crippen molar-refractivity contribution in [2.45, 2.75) is 6.54 Å². The van der Waals surface area contributed by atoms with Gasteiger partial charge in [0.05, 0.1) is 7.11 Å². The number of furan rings is 1. The summed E-state index contributed by atoms with van der Waals surface area (Å²) < 4.78 is 13.4. The van der Waals surface area contributed by atoms with Gasteiger partial charge >= 0.3 is 0 Å². The zero-order valence-corrected chi connectivity index (χ0v) is 15.4. The van der Waals surface area contributed by atoms with E-state index in [9.17, 15) is 0 Å². The van der Waals surface area contributed by atoms with Crippen LogP contribution in [0.4, 0.5) is 0 Å². The van der Waals surface area contributed by atoms with Crippen LogP contribution in [0.3, 0.4) is 0 Å². The topological polar surface area (TPSA) is 26.2 Å². The number of halogens is 1. The van der Waals surface area contributed by atoms with Crippen molar-refractivity contribution in [1.29, 1.82) is 0 Å². The van der Waals surface area contributed by atoms with Crippen molar-refractivity contribution in [3.8, 4) is 17.1 Å². The molecule has 0 unspecified atom stereocenters. The van der Waals surface area contributed by atoms with Gasteiger partial charge in [-0.3, -0.25) is 0 Å². The van der Waals surface area contributed by atoms with Crippen LogP contribution in [-0.2, 0) is 6.54 Å². The Kier molecular flexibility index (Phi) is 5.19. The van der Waals surface area contributed by atoms with Crippen LogP contribution in [0.25, 0.3) is 22.3 Å². The molecule has 0 N–H and O–H groups in total. The minimum atomic E-state index is 0. The standard InChI is InChI=1S/C21H18NO2.BrH/c1-23-19-7-8-20-18(13-19)14-21(24-20)17-9-11-22(12-10-17)15-16-5-3-2-4-6-16;/h2-14H,15H2,1H3;1H/q+1;/p-1. The van der Waals surface area contributed by atoms with Crippen LogP contribution < -0.4 is 26.3 Å². The summed E-state index contributed by atoms with van der Waals surface area (Å²) in [6.07, 6.45) is 4.16. The van der Waals surface area contributed by atoms with E-state index in [1.165, 1.54) is 5.56 Å². The highest BCUT2D eigenvalue weighted by atomic mass is 79.9. The summed E-state index contributed by atoms with van der Waals surface area (Å²) in [4.78, 5) is 0. The largest absolute Gasteiger partial charge is 1.00 e. The van der Waals surface area contributed by atoms with Crippen molar-refractivity contribution in [1.82, 2.24) is 0 Å². The second-order valence-corrected chi connectivity index (χ2v) is 5.76. The Hall–Kier alpha value is -2.59. The number of hydrogen-bond donors (Lipinski definition) is 0. The third kappa shape index (κ3) is 3.74. The van der Waals surface area contributed by atoms with Gasteiger partial charge in [0.2, 0.25) is 0 Å². The van der Waals surface area contributed by atoms with E-state index in [-0.39, 0.29) is 17.0 Å². The first kappa shape index (κ1) is 17.2. The van der Waals surface area contributed by atoms with Crippen LogP contribution in [0.15, 0.2) is 83.5 Å². The molecule has 0 spiro atoms. The lowest BCUT2D eigenvalue weighted by atomic mass is 10.2. The lowest BCUT2D eigenvalue weighted by Crippen LogP contribution is -3.00. The van der Waals surface area contributed by atoms with E-state index >= 15 is 0 Å². The van der Waals surface area contributed by atoms with E-state index in [1.807, 2.05) is 24.3 Å². The minimum Gasteiger partial charge on any atom is -1.00 e. The molecule has 0 saturated carbocycles. The highest BCUT2D eigenvalue weighted by molar-refractivity contribution is 5.83. The number of aromatic nitrogens is 1. The van der Waals surface area contributed by atoms with Gasteiger partial charge in [-0.1, -0.05) is 30.3 Å². The molecule has 2 heterocycles. The van der Waals surface area contributed by atoms with Crippen LogP contribution in [0.5, 0.6) is 5.75 Å². The summed E-state index contributed by atoms with van der Waals surface area (Å²) in [5.41, 5.74) is 3.22. The first-order valence-electron chi connectivity index (χ1n) is 7.93. The van der Waals surface area contributed by atoms with Gasteiger partial charge in [0.1, 0.15) is 17.1 Å². The maximum Gasteiger partial charge on any atom is 0.173 e. The molecule has 4 aromatic rings. The molecule has 0 amide bonds. The summed E-state index contributed by atoms with van der Waals surface area (Å²) in [6, 6.07) is 22.5. The summed E-state index contributed by atoms with van der Waals surface area (Å²) in [5.74, 6) is 1.70. The molecule has 4 heteroatoms. The van der Waals surface area contributed by atoms with Crippen molar-refractivity contribution in [2.24, 2.45) is 0 Å². The molecule has 2 aromatic heterocycles. The number of ether oxygens (including phenoxy) is 1. The second kappa shape index (κ2) is 7.53. The Morgan fingerprint density at radius 3 is 2.40 bits per heavy atom. The predicted molar refractivity (Wildman–Crippen MR) is 93.9 cm³/mol. The van der Waals surface area contributed by atoms with Crippen molar-refractivity contribution in [3.63, 3.8) is 0 Å². The predicted octanol–water partition coefficient (Wildman–Crippen LogP) is 1.45. The average molecular weight is 396 g/mol. The number of hydrogen-bond acceptors (Lipinski definition) is 2. The average Bonchev–Trinajstić information content (AvgIpc) is 3.06. The highest BCUT2D eigenvalue weighted by Crippen LogP contribution is 2.29. The zero-order valence-electron chi connectivity index (χ0n) is 13.9. The molecule has 0 aliphatic heterocycles. The number of rotatable bonds is 4. The van der Waals surface area contributed by atoms with Crippen LogP contribution >= 0.6 is 0 Å². The summed E-state index contributed by atoms with van der Waals surface area (Å²) in [6.45, 7) is 0.860. The Balaban J connectivity index is 0.00000182. The SMILES string of the molecule is COc1ccc2oc(-c3cc[n+](Cc4ccccc4)cc3)cc2c1.[Br-]. The fourth-order valence-corrected chi connectivity index (χ4v) is 2.81. The molecule has 2 aromatic carbocycles. The minimum absolute atomic E-state index is 0. The molecular weight excluding hydrogens is 378 g/mol. The molecule has 0 atom stereocenters. The molecule has 0 saturated heterocycles. The molecule has 4 rings (SSSR count). The van der Waals surface area contributed by atoms with Gasteiger partial charge < -0.3 is 26.1 Å². The first-order chi connectivity index (χ1) is 11.8. The maximum atomic E-state index is 5.95. The number of fused-ring (bicyclic) bond motifs is 1. The fourth-order valence-electron chi connectivity index (χ4n) is 2.81. The molecular formula is C21H18BrNO2. The van der Waals surface area contributed by atoms with Crippen molar-refractivity contribution < 1.29 is 30.7 Å². The number of methoxy groups -OCH3 is 1. The molecule has 0 aliphatic rings. The number of nitrogens with zero attached hydrogens (tertiary/aromatic N) is 1. The Morgan fingerprint density at radius 2 is 1.68 bits per heavy atom. The van der Waals surface area contributed by atoms with E-state index in [2.05, 4.69) is 59.4 Å². The van der Waals surface area contributed by atoms with Crippen molar-refractivity contribution in [3.05, 3.63) is 84.7 Å². The van der Waals surface area contributed by atoms with Gasteiger partial charge in [0.15, 0.2) is 18.9 Å². The Labute approximate surface area is 157 Å². The van der Waals surface area contributed by atoms with Gasteiger partial charge in [-0.15, -0.1) is 0 Å². The van der Waals surface area contributed by atoms with Crippen LogP contribution in [0.2, 0.25) is 0 Å². The van der Waals surface area contributed by atoms with Crippen LogP contribution in [0.1, 0.15) is 5.56 Å². The number of benzene rings is 2. The highest BCUT2D eigenvalue weighted by Gasteiger charge is 2.09. The van der Waals surface area contributed by atoms with E-state index in [4.69, 9.17) is 9.15 Å². The monoisotopic (exact) mass is 395 g/mol. The Morgan fingerprint density at radius 1 is 0.920 bits per heavy atom. The molecule has 126 valence electrons. The summed E-state index contributed by atoms with van der Waals surface area (Å²) in [7, 11) is 1.67. The quantitative estimate of drug-likeness (QED) is 0.489. The van der Waals surface area contributed by atoms with Crippen LogP contribution in [-0.4, -0.2) is 7.11 Å². The maximum absolute atomic E-state index is 5.95. The summed E-state index contributed by atoms with van der Waals surface area (Å²) in [5, 5.41) is 1.05. The second-order valence-electron chi connectivity index (χ2n) is 5.76. The zero-order chi connectivity index (χ0) is 16.4. The van der Waals surface area contributed by atoms with E-state index in [0.717, 1.165) is 34.6 Å². The van der Waals surface area contributed by atoms with E-state index in [1.54, 1.807) is 7.11 Å². The van der Waals surface area contributed by atoms with Gasteiger partial charge in [-0.2, -0.15) is 0 Å². The molecule has 0 aliphatic carbocycles. The lowest BCUT2D eigenvalue weighted by Gasteiger charge is -1.99. The molecule has 0 bridgehead atoms.